The minimum Gasteiger partial charge on any atom is -0.494 e. The number of anilines is 1. The molecule has 0 unspecified atom stereocenters. The fourth-order valence-electron chi connectivity index (χ4n) is 9.15. The van der Waals surface area contributed by atoms with Crippen molar-refractivity contribution in [3.05, 3.63) is 129 Å². The standard InChI is InChI=1S/C49H50Cl2N10O3/c1-28-20-35(21-29(2)45(28)51)64-19-11-13-36-37-15-16-39(50)44(43-31(4)54-57(8)32(43)5)46(37)61-30(3)23-60(49(63)47(36)61)41-25-58(26-42(62)56(6)7)40-17-14-33(22-38(40)41)48-53-27-59(55-48)24-34-12-9-10-18-52-34/h9-10,12,14-18,20-22,25,27,30H,11,13,19,23-24,26H2,1-8H3/t30-/m1/s1. The molecule has 15 heteroatoms. The predicted octanol–water partition coefficient (Wildman–Crippen LogP) is 9.56. The lowest BCUT2D eigenvalue weighted by atomic mass is 9.98. The monoisotopic (exact) mass is 896 g/mol. The van der Waals surface area contributed by atoms with E-state index in [0.29, 0.717) is 54.8 Å². The Hall–Kier alpha value is -6.44. The molecule has 5 aromatic heterocycles. The predicted molar refractivity (Wildman–Crippen MR) is 253 cm³/mol. The quantitative estimate of drug-likeness (QED) is 0.112. The van der Waals surface area contributed by atoms with Gasteiger partial charge in [0.05, 0.1) is 46.3 Å². The summed E-state index contributed by atoms with van der Waals surface area (Å²) in [6.07, 6.45) is 6.60. The van der Waals surface area contributed by atoms with E-state index < -0.39 is 0 Å². The number of hydrogen-bond donors (Lipinski definition) is 0. The number of likely N-dealkylation sites (N-methyl/N-ethyl adjacent to an activating group) is 1. The van der Waals surface area contributed by atoms with Crippen molar-refractivity contribution < 1.29 is 14.3 Å². The first kappa shape index (κ1) is 42.8. The van der Waals surface area contributed by atoms with Crippen molar-refractivity contribution >= 4 is 62.5 Å². The summed E-state index contributed by atoms with van der Waals surface area (Å²) < 4.78 is 14.1. The summed E-state index contributed by atoms with van der Waals surface area (Å²) in [5, 5.41) is 12.7. The number of aromatic nitrogens is 8. The molecule has 0 fully saturated rings. The zero-order chi connectivity index (χ0) is 45.1. The van der Waals surface area contributed by atoms with Gasteiger partial charge in [-0.25, -0.2) is 9.67 Å². The molecule has 13 nitrogen and oxygen atoms in total. The number of amides is 2. The maximum absolute atomic E-state index is 15.6. The van der Waals surface area contributed by atoms with Crippen LogP contribution >= 0.6 is 23.2 Å². The van der Waals surface area contributed by atoms with Crippen molar-refractivity contribution in [1.82, 2.24) is 43.6 Å². The second-order valence-electron chi connectivity index (χ2n) is 17.0. The molecule has 0 saturated carbocycles. The van der Waals surface area contributed by atoms with Crippen molar-refractivity contribution in [2.24, 2.45) is 7.05 Å². The Balaban J connectivity index is 1.16. The molecule has 328 valence electrons. The van der Waals surface area contributed by atoms with E-state index in [2.05, 4.69) is 21.5 Å². The van der Waals surface area contributed by atoms with E-state index in [4.69, 9.17) is 38.1 Å². The average molecular weight is 898 g/mol. The Kier molecular flexibility index (Phi) is 11.3. The summed E-state index contributed by atoms with van der Waals surface area (Å²) in [4.78, 5) is 41.4. The second kappa shape index (κ2) is 16.9. The van der Waals surface area contributed by atoms with E-state index in [0.717, 1.165) is 83.0 Å². The van der Waals surface area contributed by atoms with Crippen molar-refractivity contribution in [2.45, 2.75) is 66.6 Å². The molecule has 0 radical (unpaired) electrons. The number of halogens is 2. The molecule has 6 heterocycles. The van der Waals surface area contributed by atoms with Crippen LogP contribution in [0.25, 0.3) is 44.3 Å². The molecule has 0 spiro atoms. The van der Waals surface area contributed by atoms with Gasteiger partial charge in [0.25, 0.3) is 5.91 Å². The number of fused-ring (bicyclic) bond motifs is 4. The highest BCUT2D eigenvalue weighted by molar-refractivity contribution is 6.35. The first-order chi connectivity index (χ1) is 30.7. The van der Waals surface area contributed by atoms with E-state index in [9.17, 15) is 4.79 Å². The number of carbonyl (C=O) groups excluding carboxylic acids is 2. The summed E-state index contributed by atoms with van der Waals surface area (Å²) >= 11 is 13.7. The Morgan fingerprint density at radius 2 is 1.72 bits per heavy atom. The van der Waals surface area contributed by atoms with E-state index in [1.807, 2.05) is 116 Å². The molecule has 64 heavy (non-hydrogen) atoms. The summed E-state index contributed by atoms with van der Waals surface area (Å²) in [7, 11) is 5.42. The van der Waals surface area contributed by atoms with Crippen LogP contribution in [0.1, 0.15) is 63.6 Å². The van der Waals surface area contributed by atoms with Crippen molar-refractivity contribution in [3.63, 3.8) is 0 Å². The lowest BCUT2D eigenvalue weighted by Crippen LogP contribution is -2.42. The van der Waals surface area contributed by atoms with Gasteiger partial charge in [0, 0.05) is 84.3 Å². The average Bonchev–Trinajstić information content (AvgIpc) is 4.03. The van der Waals surface area contributed by atoms with Crippen LogP contribution < -0.4 is 9.64 Å². The van der Waals surface area contributed by atoms with Gasteiger partial charge in [0.2, 0.25) is 5.91 Å². The molecule has 1 aliphatic heterocycles. The zero-order valence-electron chi connectivity index (χ0n) is 37.3. The Labute approximate surface area is 381 Å². The van der Waals surface area contributed by atoms with Crippen LogP contribution in [0.15, 0.2) is 79.4 Å². The number of carbonyl (C=O) groups is 2. The van der Waals surface area contributed by atoms with Crippen molar-refractivity contribution in [3.8, 4) is 28.3 Å². The van der Waals surface area contributed by atoms with Gasteiger partial charge in [-0.05, 0) is 113 Å². The molecule has 9 rings (SSSR count). The van der Waals surface area contributed by atoms with Gasteiger partial charge in [-0.2, -0.15) is 10.2 Å². The van der Waals surface area contributed by atoms with Crippen LogP contribution in [0.4, 0.5) is 5.69 Å². The van der Waals surface area contributed by atoms with Crippen molar-refractivity contribution in [1.29, 1.82) is 0 Å². The Morgan fingerprint density at radius 1 is 0.938 bits per heavy atom. The fraction of sp³-hybridized carbons (Fsp3) is 0.306. The third-order valence-electron chi connectivity index (χ3n) is 12.4. The molecule has 0 aliphatic carbocycles. The molecule has 0 N–H and O–H groups in total. The summed E-state index contributed by atoms with van der Waals surface area (Å²) in [6, 6.07) is 19.5. The highest BCUT2D eigenvalue weighted by Crippen LogP contribution is 2.46. The van der Waals surface area contributed by atoms with Gasteiger partial charge in [0.1, 0.15) is 24.3 Å². The molecule has 1 atom stereocenters. The number of benzene rings is 3. The highest BCUT2D eigenvalue weighted by Gasteiger charge is 2.38. The lowest BCUT2D eigenvalue weighted by molar-refractivity contribution is -0.129. The maximum Gasteiger partial charge on any atom is 0.275 e. The lowest BCUT2D eigenvalue weighted by Gasteiger charge is -2.34. The minimum absolute atomic E-state index is 0.0697. The van der Waals surface area contributed by atoms with Gasteiger partial charge in [-0.15, -0.1) is 0 Å². The van der Waals surface area contributed by atoms with Crippen LogP contribution in [0, 0.1) is 27.7 Å². The summed E-state index contributed by atoms with van der Waals surface area (Å²) in [5.41, 5.74) is 11.2. The van der Waals surface area contributed by atoms with Gasteiger partial charge >= 0.3 is 0 Å². The topological polar surface area (TPSA) is 121 Å². The maximum atomic E-state index is 15.6. The van der Waals surface area contributed by atoms with E-state index >= 15 is 4.79 Å². The third-order valence-corrected chi connectivity index (χ3v) is 13.3. The van der Waals surface area contributed by atoms with Gasteiger partial charge in [-0.3, -0.25) is 19.3 Å². The SMILES string of the molecule is Cc1cc(OCCCc2c3n(c4c(-c5c(C)nn(C)c5C)c(Cl)ccc24)[C@H](C)CN(c2cn(CC(=O)N(C)C)c4ccc(-c5ncn(Cc6ccccn6)n5)cc24)C3=O)cc(C)c1Cl. The number of nitrogens with zero attached hydrogens (tertiary/aromatic N) is 10. The molecule has 0 saturated heterocycles. The Morgan fingerprint density at radius 3 is 2.42 bits per heavy atom. The molecule has 2 amide bonds. The van der Waals surface area contributed by atoms with Crippen LogP contribution in [0.3, 0.4) is 0 Å². The van der Waals surface area contributed by atoms with E-state index in [-0.39, 0.29) is 24.4 Å². The molecular weight excluding hydrogens is 848 g/mol. The van der Waals surface area contributed by atoms with Crippen LogP contribution in [0.2, 0.25) is 10.0 Å². The Bertz CT molecular complexity index is 3100. The van der Waals surface area contributed by atoms with E-state index in [1.54, 1.807) is 36.2 Å². The molecule has 3 aromatic carbocycles. The summed E-state index contributed by atoms with van der Waals surface area (Å²) in [6.45, 7) is 11.5. The van der Waals surface area contributed by atoms with Gasteiger partial charge in [-0.1, -0.05) is 35.3 Å². The molecule has 0 bridgehead atoms. The smallest absolute Gasteiger partial charge is 0.275 e. The van der Waals surface area contributed by atoms with Crippen molar-refractivity contribution in [2.75, 3.05) is 32.1 Å². The third kappa shape index (κ3) is 7.60. The number of aryl methyl sites for hydroxylation is 5. The van der Waals surface area contributed by atoms with Crippen LogP contribution in [0.5, 0.6) is 5.75 Å². The number of hydrogen-bond acceptors (Lipinski definition) is 7. The number of pyridine rings is 1. The largest absolute Gasteiger partial charge is 0.494 e. The normalized spacial score (nSPS) is 13.9. The minimum atomic E-state index is -0.177. The second-order valence-corrected chi connectivity index (χ2v) is 17.8. The van der Waals surface area contributed by atoms with E-state index in [1.165, 1.54) is 0 Å². The molecule has 8 aromatic rings. The fourth-order valence-corrected chi connectivity index (χ4v) is 9.50. The first-order valence-corrected chi connectivity index (χ1v) is 22.2. The number of ether oxygens (including phenoxy) is 1. The van der Waals surface area contributed by atoms with Crippen LogP contribution in [-0.4, -0.2) is 82.6 Å². The number of rotatable bonds is 12. The van der Waals surface area contributed by atoms with Gasteiger partial charge < -0.3 is 23.7 Å². The zero-order valence-corrected chi connectivity index (χ0v) is 38.8. The molecular formula is C49H50Cl2N10O3. The summed E-state index contributed by atoms with van der Waals surface area (Å²) in [5.74, 6) is 1.09. The van der Waals surface area contributed by atoms with Crippen LogP contribution in [-0.2, 0) is 31.4 Å². The van der Waals surface area contributed by atoms with Gasteiger partial charge in [0.15, 0.2) is 5.82 Å². The first-order valence-electron chi connectivity index (χ1n) is 21.4. The molecule has 1 aliphatic rings. The highest BCUT2D eigenvalue weighted by atomic mass is 35.5.